The Kier molecular flexibility index (Phi) is 3.93. The Morgan fingerprint density at radius 1 is 1.00 bits per heavy atom. The first-order chi connectivity index (χ1) is 11.3. The van der Waals surface area contributed by atoms with Crippen LogP contribution in [0.1, 0.15) is 78.1 Å². The van der Waals surface area contributed by atoms with E-state index in [1.165, 1.54) is 6.42 Å². The highest BCUT2D eigenvalue weighted by molar-refractivity contribution is 5.50. The first-order valence-corrected chi connectivity index (χ1v) is 10.2. The van der Waals surface area contributed by atoms with Gasteiger partial charge in [0, 0.05) is 6.42 Å². The van der Waals surface area contributed by atoms with Gasteiger partial charge in [-0.2, -0.15) is 0 Å². The molecule has 3 heteroatoms. The van der Waals surface area contributed by atoms with Crippen LogP contribution in [-0.2, 0) is 4.79 Å². The Hall–Kier alpha value is -0.410. The quantitative estimate of drug-likeness (QED) is 0.757. The lowest BCUT2D eigenvalue weighted by Crippen LogP contribution is -2.62. The SMILES string of the molecule is C[C@]12CC[C@@H](O)C[C@H]1CC[C@@H]1[C@@H]2CC[C@]2(C)[C@@H](CC=O)CC[C@]12O. The monoisotopic (exact) mass is 334 g/mol. The molecule has 0 amide bonds. The van der Waals surface area contributed by atoms with Crippen LogP contribution in [-0.4, -0.2) is 28.2 Å². The lowest BCUT2D eigenvalue weighted by atomic mass is 9.43. The fourth-order valence-corrected chi connectivity index (χ4v) is 7.81. The Morgan fingerprint density at radius 3 is 2.54 bits per heavy atom. The zero-order valence-electron chi connectivity index (χ0n) is 15.3. The van der Waals surface area contributed by atoms with E-state index in [-0.39, 0.29) is 11.5 Å². The molecule has 136 valence electrons. The van der Waals surface area contributed by atoms with Crippen LogP contribution in [0, 0.1) is 34.5 Å². The van der Waals surface area contributed by atoms with Crippen LogP contribution in [0.4, 0.5) is 0 Å². The topological polar surface area (TPSA) is 57.5 Å². The number of aliphatic hydroxyl groups excluding tert-OH is 1. The van der Waals surface area contributed by atoms with Gasteiger partial charge in [-0.25, -0.2) is 0 Å². The smallest absolute Gasteiger partial charge is 0.120 e. The average molecular weight is 335 g/mol. The van der Waals surface area contributed by atoms with Gasteiger partial charge in [-0.1, -0.05) is 13.8 Å². The highest BCUT2D eigenvalue weighted by Crippen LogP contribution is 2.69. The molecule has 0 aliphatic heterocycles. The van der Waals surface area contributed by atoms with E-state index in [9.17, 15) is 15.0 Å². The summed E-state index contributed by atoms with van der Waals surface area (Å²) >= 11 is 0. The van der Waals surface area contributed by atoms with Gasteiger partial charge in [-0.3, -0.25) is 0 Å². The van der Waals surface area contributed by atoms with Gasteiger partial charge in [0.25, 0.3) is 0 Å². The standard InChI is InChI=1S/C21H34O3/c1-19-9-6-16(23)13-15(19)3-4-18-17(19)7-10-20(2)14(8-12-22)5-11-21(18,20)24/h12,14-18,23-24H,3-11,13H2,1-2H3/t14-,15-,16-,17+,18-,19+,20-,21+/m1/s1. The van der Waals surface area contributed by atoms with Crippen LogP contribution in [0.2, 0.25) is 0 Å². The molecule has 0 aromatic carbocycles. The summed E-state index contributed by atoms with van der Waals surface area (Å²) < 4.78 is 0. The molecule has 0 unspecified atom stereocenters. The van der Waals surface area contributed by atoms with E-state index in [2.05, 4.69) is 13.8 Å². The molecule has 0 bridgehead atoms. The van der Waals surface area contributed by atoms with Gasteiger partial charge in [0.05, 0.1) is 11.7 Å². The van der Waals surface area contributed by atoms with E-state index < -0.39 is 5.60 Å². The summed E-state index contributed by atoms with van der Waals surface area (Å²) in [5.41, 5.74) is -0.359. The third-order valence-electron chi connectivity index (χ3n) is 9.40. The Balaban J connectivity index is 1.65. The average Bonchev–Trinajstić information content (AvgIpc) is 2.81. The minimum absolute atomic E-state index is 0.0769. The van der Waals surface area contributed by atoms with Crippen molar-refractivity contribution in [1.29, 1.82) is 0 Å². The maximum Gasteiger partial charge on any atom is 0.120 e. The molecule has 0 spiro atoms. The van der Waals surface area contributed by atoms with Gasteiger partial charge in [-0.15, -0.1) is 0 Å². The number of carbonyl (C=O) groups excluding carboxylic acids is 1. The predicted molar refractivity (Wildman–Crippen MR) is 93.4 cm³/mol. The summed E-state index contributed by atoms with van der Waals surface area (Å²) in [6.07, 6.45) is 11.0. The normalized spacial score (nSPS) is 56.9. The van der Waals surface area contributed by atoms with E-state index in [0.717, 1.165) is 57.7 Å². The molecule has 0 aromatic heterocycles. The number of hydrogen-bond acceptors (Lipinski definition) is 3. The summed E-state index contributed by atoms with van der Waals surface area (Å²) in [6, 6.07) is 0. The molecular formula is C21H34O3. The maximum absolute atomic E-state index is 11.9. The van der Waals surface area contributed by atoms with Crippen molar-refractivity contribution < 1.29 is 15.0 Å². The van der Waals surface area contributed by atoms with E-state index in [0.29, 0.717) is 35.5 Å². The zero-order valence-corrected chi connectivity index (χ0v) is 15.3. The van der Waals surface area contributed by atoms with Crippen molar-refractivity contribution in [2.24, 2.45) is 34.5 Å². The van der Waals surface area contributed by atoms with Gasteiger partial charge in [-0.05, 0) is 92.3 Å². The van der Waals surface area contributed by atoms with Gasteiger partial charge in [0.2, 0.25) is 0 Å². The van der Waals surface area contributed by atoms with Crippen molar-refractivity contribution in [2.75, 3.05) is 0 Å². The molecule has 3 nitrogen and oxygen atoms in total. The molecule has 0 saturated heterocycles. The molecule has 8 atom stereocenters. The summed E-state index contributed by atoms with van der Waals surface area (Å²) in [7, 11) is 0. The Labute approximate surface area is 146 Å². The van der Waals surface area contributed by atoms with Crippen LogP contribution in [0.3, 0.4) is 0 Å². The Morgan fingerprint density at radius 2 is 1.79 bits per heavy atom. The van der Waals surface area contributed by atoms with Crippen LogP contribution in [0.5, 0.6) is 0 Å². The molecule has 24 heavy (non-hydrogen) atoms. The molecule has 4 aliphatic rings. The fourth-order valence-electron chi connectivity index (χ4n) is 7.81. The van der Waals surface area contributed by atoms with Crippen LogP contribution in [0.15, 0.2) is 0 Å². The zero-order chi connectivity index (χ0) is 17.2. The van der Waals surface area contributed by atoms with Gasteiger partial charge < -0.3 is 15.0 Å². The van der Waals surface area contributed by atoms with Gasteiger partial charge in [0.1, 0.15) is 6.29 Å². The largest absolute Gasteiger partial charge is 0.393 e. The third-order valence-corrected chi connectivity index (χ3v) is 9.40. The number of carbonyl (C=O) groups is 1. The lowest BCUT2D eigenvalue weighted by molar-refractivity contribution is -0.210. The van der Waals surface area contributed by atoms with E-state index in [4.69, 9.17) is 0 Å². The number of hydrogen-bond donors (Lipinski definition) is 2. The van der Waals surface area contributed by atoms with Crippen molar-refractivity contribution in [2.45, 2.75) is 89.8 Å². The molecule has 0 radical (unpaired) electrons. The highest BCUT2D eigenvalue weighted by Gasteiger charge is 2.66. The minimum atomic E-state index is -0.576. The molecular weight excluding hydrogens is 300 g/mol. The molecule has 4 saturated carbocycles. The van der Waals surface area contributed by atoms with E-state index >= 15 is 0 Å². The third kappa shape index (κ3) is 2.06. The van der Waals surface area contributed by atoms with Crippen LogP contribution >= 0.6 is 0 Å². The van der Waals surface area contributed by atoms with Gasteiger partial charge >= 0.3 is 0 Å². The Bertz CT molecular complexity index is 519. The first kappa shape index (κ1) is 17.0. The number of fused-ring (bicyclic) bond motifs is 5. The summed E-state index contributed by atoms with van der Waals surface area (Å²) in [5, 5.41) is 22.0. The minimum Gasteiger partial charge on any atom is -0.393 e. The molecule has 4 aliphatic carbocycles. The molecule has 0 heterocycles. The second-order valence-electron chi connectivity index (χ2n) is 9.94. The van der Waals surface area contributed by atoms with Crippen molar-refractivity contribution in [3.05, 3.63) is 0 Å². The van der Waals surface area contributed by atoms with E-state index in [1.807, 2.05) is 0 Å². The summed E-state index contributed by atoms with van der Waals surface area (Å²) in [6.45, 7) is 4.72. The van der Waals surface area contributed by atoms with Crippen LogP contribution in [0.25, 0.3) is 0 Å². The van der Waals surface area contributed by atoms with Crippen molar-refractivity contribution in [3.63, 3.8) is 0 Å². The predicted octanol–water partition coefficient (Wildman–Crippen LogP) is 3.71. The second-order valence-corrected chi connectivity index (χ2v) is 9.94. The molecule has 4 fully saturated rings. The van der Waals surface area contributed by atoms with Crippen molar-refractivity contribution in [1.82, 2.24) is 0 Å². The van der Waals surface area contributed by atoms with Crippen molar-refractivity contribution in [3.8, 4) is 0 Å². The highest BCUT2D eigenvalue weighted by atomic mass is 16.3. The first-order valence-electron chi connectivity index (χ1n) is 10.2. The number of rotatable bonds is 2. The fraction of sp³-hybridized carbons (Fsp3) is 0.952. The number of aliphatic hydroxyl groups is 2. The lowest BCUT2D eigenvalue weighted by Gasteiger charge is -2.63. The van der Waals surface area contributed by atoms with Crippen molar-refractivity contribution >= 4 is 6.29 Å². The number of aldehydes is 1. The summed E-state index contributed by atoms with van der Waals surface area (Å²) in [5.74, 6) is 1.98. The van der Waals surface area contributed by atoms with Gasteiger partial charge in [0.15, 0.2) is 0 Å². The summed E-state index contributed by atoms with van der Waals surface area (Å²) in [4.78, 5) is 11.1. The van der Waals surface area contributed by atoms with Crippen LogP contribution < -0.4 is 0 Å². The van der Waals surface area contributed by atoms with E-state index in [1.54, 1.807) is 0 Å². The second kappa shape index (κ2) is 5.54. The molecule has 0 aromatic rings. The molecule has 4 rings (SSSR count). The molecule has 2 N–H and O–H groups in total. The maximum atomic E-state index is 11.9.